The van der Waals surface area contributed by atoms with Crippen LogP contribution in [0.15, 0.2) is 71.5 Å². The summed E-state index contributed by atoms with van der Waals surface area (Å²) in [5, 5.41) is 15.3. The molecule has 2 unspecified atom stereocenters. The minimum Gasteiger partial charge on any atom is -0.374 e. The number of benzene rings is 2. The Labute approximate surface area is 182 Å². The van der Waals surface area contributed by atoms with E-state index in [0.717, 1.165) is 39.9 Å². The second-order valence-electron chi connectivity index (χ2n) is 7.74. The zero-order valence-electron chi connectivity index (χ0n) is 18.1. The molecule has 0 radical (unpaired) electrons. The van der Waals surface area contributed by atoms with Crippen molar-refractivity contribution in [3.05, 3.63) is 89.1 Å². The highest BCUT2D eigenvalue weighted by Gasteiger charge is 2.28. The molecule has 0 saturated heterocycles. The van der Waals surface area contributed by atoms with Gasteiger partial charge in [0.05, 0.1) is 12.1 Å². The molecule has 0 fully saturated rings. The van der Waals surface area contributed by atoms with Crippen molar-refractivity contribution in [2.75, 3.05) is 12.4 Å². The van der Waals surface area contributed by atoms with Crippen LogP contribution in [0.1, 0.15) is 58.9 Å². The van der Waals surface area contributed by atoms with Crippen LogP contribution in [-0.2, 0) is 0 Å². The van der Waals surface area contributed by atoms with Gasteiger partial charge in [0.25, 0.3) is 5.91 Å². The van der Waals surface area contributed by atoms with E-state index in [1.807, 2.05) is 49.5 Å². The molecule has 3 aromatic rings. The molecule has 6 nitrogen and oxygen atoms in total. The molecule has 0 bridgehead atoms. The number of hydrogen-bond acceptors (Lipinski definition) is 4. The first-order valence-electron chi connectivity index (χ1n) is 10.5. The predicted molar refractivity (Wildman–Crippen MR) is 125 cm³/mol. The van der Waals surface area contributed by atoms with Crippen molar-refractivity contribution in [1.29, 1.82) is 0 Å². The number of para-hydroxylation sites is 1. The van der Waals surface area contributed by atoms with Gasteiger partial charge in [0.2, 0.25) is 0 Å². The van der Waals surface area contributed by atoms with E-state index in [-0.39, 0.29) is 18.0 Å². The minimum absolute atomic E-state index is 0.103. The summed E-state index contributed by atoms with van der Waals surface area (Å²) in [5.41, 5.74) is 6.63. The van der Waals surface area contributed by atoms with Gasteiger partial charge in [-0.25, -0.2) is 0 Å². The number of aromatic nitrogens is 1. The summed E-state index contributed by atoms with van der Waals surface area (Å²) in [5.74, 6) is 0.611. The highest BCUT2D eigenvalue weighted by Crippen LogP contribution is 2.44. The van der Waals surface area contributed by atoms with Crippen LogP contribution in [0.5, 0.6) is 0 Å². The largest absolute Gasteiger partial charge is 0.374 e. The molecule has 1 aromatic heterocycles. The molecule has 31 heavy (non-hydrogen) atoms. The molecule has 2 heterocycles. The second-order valence-corrected chi connectivity index (χ2v) is 7.74. The fourth-order valence-corrected chi connectivity index (χ4v) is 3.76. The normalized spacial score (nSPS) is 16.2. The molecule has 3 N–H and O–H groups in total. The first kappa shape index (κ1) is 20.6. The van der Waals surface area contributed by atoms with Crippen LogP contribution in [0.25, 0.3) is 5.57 Å². The summed E-state index contributed by atoms with van der Waals surface area (Å²) in [6.45, 7) is 8.54. The molecule has 0 spiro atoms. The Morgan fingerprint density at radius 3 is 2.65 bits per heavy atom. The average molecular weight is 414 g/mol. The van der Waals surface area contributed by atoms with Gasteiger partial charge in [0, 0.05) is 41.2 Å². The maximum absolute atomic E-state index is 11.9. The molecule has 4 rings (SSSR count). The topological polar surface area (TPSA) is 81.6 Å². The summed E-state index contributed by atoms with van der Waals surface area (Å²) in [4.78, 5) is 15.2. The van der Waals surface area contributed by atoms with Gasteiger partial charge in [0.1, 0.15) is 0 Å². The number of amides is 1. The van der Waals surface area contributed by atoms with Gasteiger partial charge in [-0.2, -0.15) is 5.11 Å². The van der Waals surface area contributed by atoms with Crippen molar-refractivity contribution in [1.82, 2.24) is 10.3 Å². The smallest absolute Gasteiger partial charge is 0.251 e. The van der Waals surface area contributed by atoms with Gasteiger partial charge in [-0.3, -0.25) is 4.79 Å². The van der Waals surface area contributed by atoms with Crippen molar-refractivity contribution < 1.29 is 4.79 Å². The third kappa shape index (κ3) is 3.89. The molecule has 2 aromatic carbocycles. The fraction of sp³-hybridized carbons (Fsp3) is 0.240. The lowest BCUT2D eigenvalue weighted by Gasteiger charge is -2.19. The SMILES string of the molecule is C=C1c2ccccc2NC(c2ccc(C(=O)NC)cc2)c2c[nH]c(N=NC(C)CC)c21. The number of anilines is 1. The van der Waals surface area contributed by atoms with Crippen molar-refractivity contribution in [3.63, 3.8) is 0 Å². The van der Waals surface area contributed by atoms with Crippen molar-refractivity contribution in [3.8, 4) is 0 Å². The predicted octanol–water partition coefficient (Wildman–Crippen LogP) is 5.83. The Balaban J connectivity index is 1.83. The number of rotatable bonds is 5. The quantitative estimate of drug-likeness (QED) is 0.460. The number of carbonyl (C=O) groups excluding carboxylic acids is 1. The molecule has 1 aliphatic rings. The van der Waals surface area contributed by atoms with E-state index in [1.165, 1.54) is 0 Å². The summed E-state index contributed by atoms with van der Waals surface area (Å²) < 4.78 is 0. The summed E-state index contributed by atoms with van der Waals surface area (Å²) in [6, 6.07) is 15.8. The molecule has 6 heteroatoms. The molecular formula is C25H27N5O. The van der Waals surface area contributed by atoms with Crippen LogP contribution < -0.4 is 10.6 Å². The zero-order valence-corrected chi connectivity index (χ0v) is 18.1. The number of aromatic amines is 1. The number of fused-ring (bicyclic) bond motifs is 2. The van der Waals surface area contributed by atoms with Crippen LogP contribution in [0, 0.1) is 0 Å². The Hall–Kier alpha value is -3.67. The molecule has 158 valence electrons. The highest BCUT2D eigenvalue weighted by atomic mass is 16.1. The standard InChI is InChI=1S/C25H27N5O/c1-5-15(2)29-30-24-22-16(3)19-8-6-7-9-21(19)28-23(20(22)14-27-24)17-10-12-18(13-11-17)25(31)26-4/h6-15,23,27-28H,3,5H2,1-2,4H3,(H,26,31). The second kappa shape index (κ2) is 8.60. The molecule has 1 amide bonds. The molecule has 1 aliphatic heterocycles. The number of azo groups is 1. The maximum atomic E-state index is 11.9. The van der Waals surface area contributed by atoms with Crippen LogP contribution in [-0.4, -0.2) is 24.0 Å². The molecule has 0 saturated carbocycles. The molecule has 0 aliphatic carbocycles. The average Bonchev–Trinajstić information content (AvgIpc) is 3.18. The lowest BCUT2D eigenvalue weighted by molar-refractivity contribution is 0.0963. The van der Waals surface area contributed by atoms with Crippen molar-refractivity contribution >= 4 is 23.0 Å². The Bertz CT molecular complexity index is 1140. The van der Waals surface area contributed by atoms with E-state index < -0.39 is 0 Å². The maximum Gasteiger partial charge on any atom is 0.251 e. The molecule has 2 atom stereocenters. The van der Waals surface area contributed by atoms with Gasteiger partial charge in [-0.1, -0.05) is 43.8 Å². The van der Waals surface area contributed by atoms with Gasteiger partial charge in [-0.15, -0.1) is 5.11 Å². The Morgan fingerprint density at radius 2 is 1.94 bits per heavy atom. The van der Waals surface area contributed by atoms with Crippen molar-refractivity contribution in [2.45, 2.75) is 32.4 Å². The van der Waals surface area contributed by atoms with E-state index in [9.17, 15) is 4.79 Å². The number of nitrogens with one attached hydrogen (secondary N) is 3. The van der Waals surface area contributed by atoms with E-state index in [1.54, 1.807) is 7.05 Å². The first-order valence-corrected chi connectivity index (χ1v) is 10.5. The van der Waals surface area contributed by atoms with Gasteiger partial charge >= 0.3 is 0 Å². The van der Waals surface area contributed by atoms with E-state index in [2.05, 4.69) is 51.5 Å². The lowest BCUT2D eigenvalue weighted by atomic mass is 9.93. The number of nitrogens with zero attached hydrogens (tertiary/aromatic N) is 2. The molecular weight excluding hydrogens is 386 g/mol. The van der Waals surface area contributed by atoms with Gasteiger partial charge in [0.15, 0.2) is 5.82 Å². The summed E-state index contributed by atoms with van der Waals surface area (Å²) in [7, 11) is 1.63. The first-order chi connectivity index (χ1) is 15.0. The minimum atomic E-state index is -0.127. The Morgan fingerprint density at radius 1 is 1.19 bits per heavy atom. The van der Waals surface area contributed by atoms with E-state index in [4.69, 9.17) is 0 Å². The monoisotopic (exact) mass is 413 g/mol. The third-order valence-corrected chi connectivity index (χ3v) is 5.73. The van der Waals surface area contributed by atoms with Gasteiger partial charge in [-0.05, 0) is 42.7 Å². The van der Waals surface area contributed by atoms with Crippen LogP contribution in [0.2, 0.25) is 0 Å². The van der Waals surface area contributed by atoms with Crippen molar-refractivity contribution in [2.24, 2.45) is 10.2 Å². The van der Waals surface area contributed by atoms with Gasteiger partial charge < -0.3 is 15.6 Å². The summed E-state index contributed by atoms with van der Waals surface area (Å²) >= 11 is 0. The zero-order chi connectivity index (χ0) is 22.0. The summed E-state index contributed by atoms with van der Waals surface area (Å²) in [6.07, 6.45) is 2.90. The van der Waals surface area contributed by atoms with Crippen LogP contribution in [0.4, 0.5) is 11.5 Å². The fourth-order valence-electron chi connectivity index (χ4n) is 3.76. The lowest BCUT2D eigenvalue weighted by Crippen LogP contribution is -2.18. The van der Waals surface area contributed by atoms with E-state index in [0.29, 0.717) is 11.4 Å². The number of carbonyl (C=O) groups is 1. The number of hydrogen-bond donors (Lipinski definition) is 3. The highest BCUT2D eigenvalue weighted by molar-refractivity contribution is 5.94. The van der Waals surface area contributed by atoms with E-state index >= 15 is 0 Å². The Kier molecular flexibility index (Phi) is 5.71. The van der Waals surface area contributed by atoms with Crippen LogP contribution in [0.3, 0.4) is 0 Å². The third-order valence-electron chi connectivity index (χ3n) is 5.73. The number of H-pyrrole nitrogens is 1. The van der Waals surface area contributed by atoms with Crippen LogP contribution >= 0.6 is 0 Å².